The van der Waals surface area contributed by atoms with E-state index in [2.05, 4.69) is 53.6 Å². The molecule has 146 valence electrons. The summed E-state index contributed by atoms with van der Waals surface area (Å²) in [5, 5.41) is 10.4. The van der Waals surface area contributed by atoms with Gasteiger partial charge in [0.1, 0.15) is 16.9 Å². The summed E-state index contributed by atoms with van der Waals surface area (Å²) in [5.74, 6) is 1.40. The summed E-state index contributed by atoms with van der Waals surface area (Å²) in [6, 6.07) is 0. The van der Waals surface area contributed by atoms with E-state index in [4.69, 9.17) is 9.97 Å². The van der Waals surface area contributed by atoms with E-state index in [1.54, 1.807) is 11.0 Å². The Morgan fingerprint density at radius 1 is 1.32 bits per heavy atom. The molecule has 0 aromatic carbocycles. The molecule has 4 aromatic heterocycles. The second-order valence-electron chi connectivity index (χ2n) is 8.41. The van der Waals surface area contributed by atoms with E-state index in [0.717, 1.165) is 38.5 Å². The van der Waals surface area contributed by atoms with Crippen molar-refractivity contribution in [3.8, 4) is 11.5 Å². The Morgan fingerprint density at radius 3 is 2.86 bits per heavy atom. The first-order chi connectivity index (χ1) is 13.4. The Bertz CT molecular complexity index is 1200. The summed E-state index contributed by atoms with van der Waals surface area (Å²) < 4.78 is 4.67. The van der Waals surface area contributed by atoms with Gasteiger partial charge in [-0.15, -0.1) is 16.4 Å². The molecule has 1 aliphatic rings. The molecule has 6 nitrogen and oxygen atoms in total. The third-order valence-corrected chi connectivity index (χ3v) is 8.35. The van der Waals surface area contributed by atoms with Crippen LogP contribution in [0.4, 0.5) is 0 Å². The lowest BCUT2D eigenvalue weighted by molar-refractivity contribution is 0.184. The predicted octanol–water partition coefficient (Wildman–Crippen LogP) is 4.89. The highest BCUT2D eigenvalue weighted by Gasteiger charge is 2.33. The minimum atomic E-state index is 0.383. The predicted molar refractivity (Wildman–Crippen MR) is 121 cm³/mol. The second kappa shape index (κ2) is 6.48. The van der Waals surface area contributed by atoms with Gasteiger partial charge in [0.2, 0.25) is 5.82 Å². The highest BCUT2D eigenvalue weighted by Crippen LogP contribution is 2.45. The van der Waals surface area contributed by atoms with Crippen LogP contribution in [-0.4, -0.2) is 29.4 Å². The van der Waals surface area contributed by atoms with Gasteiger partial charge in [-0.1, -0.05) is 27.2 Å². The minimum Gasteiger partial charge on any atom is -0.274 e. The van der Waals surface area contributed by atoms with Crippen molar-refractivity contribution in [2.45, 2.75) is 46.5 Å². The van der Waals surface area contributed by atoms with Gasteiger partial charge in [-0.05, 0) is 58.7 Å². The zero-order valence-corrected chi connectivity index (χ0v) is 19.5. The van der Waals surface area contributed by atoms with Crippen molar-refractivity contribution in [3.05, 3.63) is 26.5 Å². The molecule has 28 heavy (non-hydrogen) atoms. The molecule has 1 atom stereocenters. The number of aryl methyl sites for hydroxylation is 2. The number of nitrogens with zero attached hydrogens (tertiary/aromatic N) is 6. The lowest BCUT2D eigenvalue weighted by Gasteiger charge is -2.36. The average Bonchev–Trinajstić information content (AvgIpc) is 3.34. The lowest BCUT2D eigenvalue weighted by atomic mass is 9.70. The number of aromatic nitrogens is 6. The van der Waals surface area contributed by atoms with Gasteiger partial charge in [0.15, 0.2) is 5.65 Å². The number of hydrogen-bond acceptors (Lipinski definition) is 5. The Morgan fingerprint density at radius 2 is 2.14 bits per heavy atom. The Hall–Kier alpha value is -1.55. The SMILES string of the molecule is CCC(C)(C)[C@@H]1CCc2c(sc3ncn4nc(-c5nn(C)cc5I)nc4c23)C1. The van der Waals surface area contributed by atoms with E-state index in [0.29, 0.717) is 11.2 Å². The largest absolute Gasteiger partial charge is 0.274 e. The molecule has 0 radical (unpaired) electrons. The molecule has 0 bridgehead atoms. The standard InChI is InChI=1S/C20H23IN6S/c1-5-20(2,3)11-6-7-12-14(8-11)28-19-15(12)18-23-17(25-27(18)10-22-19)16-13(21)9-26(4)24-16/h9-11H,5-8H2,1-4H3/t11-/m1/s1. The van der Waals surface area contributed by atoms with Gasteiger partial charge in [-0.3, -0.25) is 4.68 Å². The van der Waals surface area contributed by atoms with Crippen molar-refractivity contribution in [1.29, 1.82) is 0 Å². The van der Waals surface area contributed by atoms with Crippen molar-refractivity contribution in [2.24, 2.45) is 18.4 Å². The summed E-state index contributed by atoms with van der Waals surface area (Å²) >= 11 is 4.13. The molecular weight excluding hydrogens is 483 g/mol. The highest BCUT2D eigenvalue weighted by atomic mass is 127. The van der Waals surface area contributed by atoms with Crippen molar-refractivity contribution < 1.29 is 0 Å². The van der Waals surface area contributed by atoms with Crippen LogP contribution in [0.2, 0.25) is 0 Å². The first-order valence-electron chi connectivity index (χ1n) is 9.72. The number of halogens is 1. The third kappa shape index (κ3) is 2.79. The van der Waals surface area contributed by atoms with E-state index in [9.17, 15) is 0 Å². The zero-order chi connectivity index (χ0) is 19.6. The van der Waals surface area contributed by atoms with Crippen LogP contribution < -0.4 is 0 Å². The van der Waals surface area contributed by atoms with Crippen LogP contribution in [0, 0.1) is 14.9 Å². The van der Waals surface area contributed by atoms with Crippen LogP contribution >= 0.6 is 33.9 Å². The van der Waals surface area contributed by atoms with E-state index >= 15 is 0 Å². The minimum absolute atomic E-state index is 0.383. The normalized spacial score (nSPS) is 17.5. The topological polar surface area (TPSA) is 60.9 Å². The molecule has 8 heteroatoms. The number of hydrogen-bond donors (Lipinski definition) is 0. The van der Waals surface area contributed by atoms with Gasteiger partial charge in [0, 0.05) is 18.1 Å². The van der Waals surface area contributed by atoms with Gasteiger partial charge in [-0.25, -0.2) is 14.5 Å². The molecule has 0 N–H and O–H groups in total. The van der Waals surface area contributed by atoms with Crippen LogP contribution in [-0.2, 0) is 19.9 Å². The van der Waals surface area contributed by atoms with Crippen molar-refractivity contribution in [1.82, 2.24) is 29.4 Å². The Labute approximate surface area is 181 Å². The van der Waals surface area contributed by atoms with Gasteiger partial charge in [0.25, 0.3) is 0 Å². The van der Waals surface area contributed by atoms with Crippen LogP contribution in [0.25, 0.3) is 27.4 Å². The van der Waals surface area contributed by atoms with E-state index in [-0.39, 0.29) is 0 Å². The van der Waals surface area contributed by atoms with E-state index in [1.165, 1.54) is 28.7 Å². The van der Waals surface area contributed by atoms with E-state index < -0.39 is 0 Å². The van der Waals surface area contributed by atoms with Crippen molar-refractivity contribution in [3.63, 3.8) is 0 Å². The number of rotatable bonds is 3. The Balaban J connectivity index is 1.64. The third-order valence-electron chi connectivity index (χ3n) is 6.40. The summed E-state index contributed by atoms with van der Waals surface area (Å²) in [7, 11) is 1.92. The summed E-state index contributed by atoms with van der Waals surface area (Å²) in [5.41, 5.74) is 3.56. The molecule has 0 saturated heterocycles. The fourth-order valence-electron chi connectivity index (χ4n) is 4.24. The zero-order valence-electron chi connectivity index (χ0n) is 16.5. The molecule has 0 fully saturated rings. The molecule has 4 heterocycles. The van der Waals surface area contributed by atoms with Gasteiger partial charge in [-0.2, -0.15) is 5.10 Å². The van der Waals surface area contributed by atoms with Crippen LogP contribution in [0.15, 0.2) is 12.5 Å². The molecule has 0 amide bonds. The van der Waals surface area contributed by atoms with Gasteiger partial charge >= 0.3 is 0 Å². The maximum absolute atomic E-state index is 4.89. The summed E-state index contributed by atoms with van der Waals surface area (Å²) in [4.78, 5) is 12.2. The second-order valence-corrected chi connectivity index (χ2v) is 10.7. The monoisotopic (exact) mass is 506 g/mol. The molecule has 0 aliphatic heterocycles. The van der Waals surface area contributed by atoms with Crippen LogP contribution in [0.5, 0.6) is 0 Å². The van der Waals surface area contributed by atoms with Crippen LogP contribution in [0.3, 0.4) is 0 Å². The molecule has 0 saturated carbocycles. The lowest BCUT2D eigenvalue weighted by Crippen LogP contribution is -2.28. The molecule has 4 aromatic rings. The molecule has 1 aliphatic carbocycles. The fourth-order valence-corrected chi connectivity index (χ4v) is 6.26. The molecule has 0 spiro atoms. The smallest absolute Gasteiger partial charge is 0.203 e. The molecule has 5 rings (SSSR count). The summed E-state index contributed by atoms with van der Waals surface area (Å²) in [6.07, 6.45) is 8.49. The van der Waals surface area contributed by atoms with E-state index in [1.807, 2.05) is 29.1 Å². The molecular formula is C20H23IN6S. The maximum Gasteiger partial charge on any atom is 0.203 e. The maximum atomic E-state index is 4.89. The van der Waals surface area contributed by atoms with Crippen LogP contribution in [0.1, 0.15) is 44.1 Å². The van der Waals surface area contributed by atoms with Gasteiger partial charge in [0.05, 0.1) is 8.96 Å². The summed E-state index contributed by atoms with van der Waals surface area (Å²) in [6.45, 7) is 7.12. The number of fused-ring (bicyclic) bond motifs is 5. The first-order valence-corrected chi connectivity index (χ1v) is 11.6. The van der Waals surface area contributed by atoms with Crippen molar-refractivity contribution >= 4 is 49.8 Å². The van der Waals surface area contributed by atoms with Gasteiger partial charge < -0.3 is 0 Å². The Kier molecular flexibility index (Phi) is 4.28. The fraction of sp³-hybridized carbons (Fsp3) is 0.500. The first kappa shape index (κ1) is 18.5. The highest BCUT2D eigenvalue weighted by molar-refractivity contribution is 14.1. The quantitative estimate of drug-likeness (QED) is 0.372. The molecule has 0 unspecified atom stereocenters. The number of thiophene rings is 1. The van der Waals surface area contributed by atoms with Crippen molar-refractivity contribution in [2.75, 3.05) is 0 Å². The average molecular weight is 506 g/mol.